The van der Waals surface area contributed by atoms with E-state index in [9.17, 15) is 0 Å². The predicted molar refractivity (Wildman–Crippen MR) is 56.8 cm³/mol. The molecule has 1 aliphatic carbocycles. The van der Waals surface area contributed by atoms with E-state index in [4.69, 9.17) is 9.47 Å². The first-order valence-electron chi connectivity index (χ1n) is 6.52. The van der Waals surface area contributed by atoms with Crippen molar-refractivity contribution in [2.24, 2.45) is 0 Å². The number of likely N-dealkylation sites (tertiary alicyclic amines) is 1. The highest BCUT2D eigenvalue weighted by Crippen LogP contribution is 2.38. The molecule has 0 aromatic heterocycles. The summed E-state index contributed by atoms with van der Waals surface area (Å²) in [6, 6.07) is 0. The lowest BCUT2D eigenvalue weighted by Crippen LogP contribution is -3.11. The van der Waals surface area contributed by atoms with E-state index in [1.54, 1.807) is 4.90 Å². The summed E-state index contributed by atoms with van der Waals surface area (Å²) in [5, 5.41) is 0. The highest BCUT2D eigenvalue weighted by molar-refractivity contribution is 4.83. The quantitative estimate of drug-likeness (QED) is 0.714. The van der Waals surface area contributed by atoms with Crippen LogP contribution < -0.4 is 4.90 Å². The lowest BCUT2D eigenvalue weighted by molar-refractivity contribution is -0.890. The molecule has 0 amide bonds. The maximum absolute atomic E-state index is 6.13. The number of hydrogen-bond donors (Lipinski definition) is 1. The SMILES string of the molecule is C1CC[NH+](C[C@H]2COC3(CCCC3)O2)C1. The van der Waals surface area contributed by atoms with Gasteiger partial charge in [-0.2, -0.15) is 0 Å². The summed E-state index contributed by atoms with van der Waals surface area (Å²) < 4.78 is 12.0. The monoisotopic (exact) mass is 212 g/mol. The molecule has 3 fully saturated rings. The summed E-state index contributed by atoms with van der Waals surface area (Å²) in [6.07, 6.45) is 7.98. The molecule has 1 atom stereocenters. The van der Waals surface area contributed by atoms with Crippen LogP contribution in [0.3, 0.4) is 0 Å². The standard InChI is InChI=1S/C12H21NO2/c1-2-6-12(5-1)14-10-11(15-12)9-13-7-3-4-8-13/h11H,1-10H2/p+1/t11-/m0/s1. The molecule has 1 saturated carbocycles. The fourth-order valence-corrected chi connectivity index (χ4v) is 3.29. The van der Waals surface area contributed by atoms with Crippen LogP contribution in [0.1, 0.15) is 38.5 Å². The number of ether oxygens (including phenoxy) is 2. The van der Waals surface area contributed by atoms with E-state index in [1.807, 2.05) is 0 Å². The molecule has 0 bridgehead atoms. The van der Waals surface area contributed by atoms with E-state index in [0.29, 0.717) is 6.10 Å². The first-order valence-corrected chi connectivity index (χ1v) is 6.52. The molecule has 3 nitrogen and oxygen atoms in total. The van der Waals surface area contributed by atoms with Crippen LogP contribution in [0.5, 0.6) is 0 Å². The van der Waals surface area contributed by atoms with E-state index >= 15 is 0 Å². The van der Waals surface area contributed by atoms with Gasteiger partial charge in [-0.05, 0) is 12.8 Å². The minimum absolute atomic E-state index is 0.149. The molecule has 15 heavy (non-hydrogen) atoms. The van der Waals surface area contributed by atoms with Crippen LogP contribution in [-0.2, 0) is 9.47 Å². The Hall–Kier alpha value is -0.120. The highest BCUT2D eigenvalue weighted by atomic mass is 16.7. The van der Waals surface area contributed by atoms with E-state index in [1.165, 1.54) is 45.3 Å². The van der Waals surface area contributed by atoms with Crippen LogP contribution in [0.4, 0.5) is 0 Å². The Balaban J connectivity index is 1.52. The van der Waals surface area contributed by atoms with Gasteiger partial charge in [0.15, 0.2) is 5.79 Å². The Bertz CT molecular complexity index is 220. The van der Waals surface area contributed by atoms with Gasteiger partial charge >= 0.3 is 0 Å². The fraction of sp³-hybridized carbons (Fsp3) is 1.00. The van der Waals surface area contributed by atoms with Crippen molar-refractivity contribution in [3.05, 3.63) is 0 Å². The maximum atomic E-state index is 6.13. The van der Waals surface area contributed by atoms with Gasteiger partial charge in [0.05, 0.1) is 19.7 Å². The molecule has 0 unspecified atom stereocenters. The molecule has 2 saturated heterocycles. The van der Waals surface area contributed by atoms with E-state index < -0.39 is 0 Å². The molecule has 1 N–H and O–H groups in total. The van der Waals surface area contributed by atoms with Crippen molar-refractivity contribution in [2.75, 3.05) is 26.2 Å². The van der Waals surface area contributed by atoms with Crippen molar-refractivity contribution < 1.29 is 14.4 Å². The summed E-state index contributed by atoms with van der Waals surface area (Å²) in [7, 11) is 0. The Morgan fingerprint density at radius 3 is 2.53 bits per heavy atom. The fourth-order valence-electron chi connectivity index (χ4n) is 3.29. The van der Waals surface area contributed by atoms with Crippen LogP contribution in [0.2, 0.25) is 0 Å². The minimum Gasteiger partial charge on any atom is -0.347 e. The van der Waals surface area contributed by atoms with Gasteiger partial charge in [0.25, 0.3) is 0 Å². The molecular weight excluding hydrogens is 190 g/mol. The van der Waals surface area contributed by atoms with Crippen LogP contribution in [-0.4, -0.2) is 38.1 Å². The Morgan fingerprint density at radius 2 is 1.80 bits per heavy atom. The molecule has 0 aromatic carbocycles. The maximum Gasteiger partial charge on any atom is 0.169 e. The summed E-state index contributed by atoms with van der Waals surface area (Å²) in [5.74, 6) is -0.149. The summed E-state index contributed by atoms with van der Waals surface area (Å²) >= 11 is 0. The van der Waals surface area contributed by atoms with Gasteiger partial charge in [-0.1, -0.05) is 0 Å². The van der Waals surface area contributed by atoms with E-state index in [-0.39, 0.29) is 5.79 Å². The minimum atomic E-state index is -0.149. The third-order valence-electron chi connectivity index (χ3n) is 4.11. The number of rotatable bonds is 2. The molecule has 3 rings (SSSR count). The lowest BCUT2D eigenvalue weighted by Gasteiger charge is -2.22. The van der Waals surface area contributed by atoms with Crippen LogP contribution in [0, 0.1) is 0 Å². The Morgan fingerprint density at radius 1 is 1.07 bits per heavy atom. The van der Waals surface area contributed by atoms with Gasteiger partial charge in [-0.3, -0.25) is 0 Å². The average molecular weight is 212 g/mol. The lowest BCUT2D eigenvalue weighted by atomic mass is 10.2. The smallest absolute Gasteiger partial charge is 0.169 e. The second kappa shape index (κ2) is 4.04. The largest absolute Gasteiger partial charge is 0.347 e. The Labute approximate surface area is 91.7 Å². The average Bonchev–Trinajstić information content (AvgIpc) is 2.92. The third kappa shape index (κ3) is 2.05. The van der Waals surface area contributed by atoms with Crippen molar-refractivity contribution in [3.63, 3.8) is 0 Å². The summed E-state index contributed by atoms with van der Waals surface area (Å²) in [5.41, 5.74) is 0. The topological polar surface area (TPSA) is 22.9 Å². The van der Waals surface area contributed by atoms with Crippen molar-refractivity contribution in [3.8, 4) is 0 Å². The normalized spacial score (nSPS) is 35.6. The zero-order valence-electron chi connectivity index (χ0n) is 9.46. The van der Waals surface area contributed by atoms with Gasteiger partial charge in [-0.15, -0.1) is 0 Å². The molecule has 0 aromatic rings. The van der Waals surface area contributed by atoms with Crippen LogP contribution in [0.15, 0.2) is 0 Å². The van der Waals surface area contributed by atoms with Gasteiger partial charge in [0.1, 0.15) is 12.6 Å². The van der Waals surface area contributed by atoms with Crippen molar-refractivity contribution in [2.45, 2.75) is 50.4 Å². The molecule has 0 radical (unpaired) electrons. The summed E-state index contributed by atoms with van der Waals surface area (Å²) in [4.78, 5) is 1.72. The summed E-state index contributed by atoms with van der Waals surface area (Å²) in [6.45, 7) is 4.69. The van der Waals surface area contributed by atoms with Crippen molar-refractivity contribution in [1.82, 2.24) is 0 Å². The van der Waals surface area contributed by atoms with Gasteiger partial charge in [0.2, 0.25) is 0 Å². The molecule has 86 valence electrons. The van der Waals surface area contributed by atoms with E-state index in [0.717, 1.165) is 19.4 Å². The number of quaternary nitrogens is 1. The Kier molecular flexibility index (Phi) is 2.71. The number of nitrogens with one attached hydrogen (secondary N) is 1. The first kappa shape index (κ1) is 10.1. The molecule has 2 aliphatic heterocycles. The van der Waals surface area contributed by atoms with Crippen molar-refractivity contribution in [1.29, 1.82) is 0 Å². The van der Waals surface area contributed by atoms with Crippen LogP contribution in [0.25, 0.3) is 0 Å². The van der Waals surface area contributed by atoms with Crippen molar-refractivity contribution >= 4 is 0 Å². The molecule has 3 aliphatic rings. The first-order chi connectivity index (χ1) is 7.36. The second-order valence-corrected chi connectivity index (χ2v) is 5.33. The number of hydrogen-bond acceptors (Lipinski definition) is 2. The van der Waals surface area contributed by atoms with Crippen LogP contribution >= 0.6 is 0 Å². The highest BCUT2D eigenvalue weighted by Gasteiger charge is 2.44. The molecule has 3 heteroatoms. The van der Waals surface area contributed by atoms with E-state index in [2.05, 4.69) is 0 Å². The van der Waals surface area contributed by atoms with Gasteiger partial charge in [-0.25, -0.2) is 0 Å². The molecular formula is C12H22NO2+. The zero-order chi connectivity index (χ0) is 10.1. The predicted octanol–water partition coefficient (Wildman–Crippen LogP) is 0.351. The van der Waals surface area contributed by atoms with Gasteiger partial charge in [0, 0.05) is 25.7 Å². The second-order valence-electron chi connectivity index (χ2n) is 5.33. The molecule has 1 spiro atoms. The zero-order valence-corrected chi connectivity index (χ0v) is 9.46. The third-order valence-corrected chi connectivity index (χ3v) is 4.11. The van der Waals surface area contributed by atoms with Gasteiger partial charge < -0.3 is 14.4 Å². The molecule has 2 heterocycles.